The van der Waals surface area contributed by atoms with Crippen molar-refractivity contribution in [3.8, 4) is 0 Å². The van der Waals surface area contributed by atoms with Gasteiger partial charge < -0.3 is 0 Å². The van der Waals surface area contributed by atoms with Crippen LogP contribution in [0, 0.1) is 0 Å². The first-order valence-corrected chi connectivity index (χ1v) is 5.43. The lowest BCUT2D eigenvalue weighted by Crippen LogP contribution is -2.20. The highest BCUT2D eigenvalue weighted by Gasteiger charge is 2.15. The molecule has 3 nitrogen and oxygen atoms in total. The quantitative estimate of drug-likeness (QED) is 0.682. The Kier molecular flexibility index (Phi) is 1.85. The summed E-state index contributed by atoms with van der Waals surface area (Å²) in [5.74, 6) is 0.909. The number of aryl methyl sites for hydroxylation is 1. The largest absolute Gasteiger partial charge is 0.296 e. The number of thiol groups is 1. The van der Waals surface area contributed by atoms with E-state index >= 15 is 0 Å². The fraction of sp³-hybridized carbons (Fsp3) is 0.273. The summed E-state index contributed by atoms with van der Waals surface area (Å²) in [5.41, 5.74) is 0.849. The molecule has 1 aromatic heterocycles. The van der Waals surface area contributed by atoms with E-state index < -0.39 is 0 Å². The van der Waals surface area contributed by atoms with Gasteiger partial charge in [-0.1, -0.05) is 0 Å². The standard InChI is InChI=1S/C11H10N2OS/c14-11-8-4-3-7(15)6-9(8)12-10-2-1-5-13(10)11/h3-4,6,15H,1-2,5H2. The highest BCUT2D eigenvalue weighted by molar-refractivity contribution is 7.80. The third kappa shape index (κ3) is 1.28. The maximum absolute atomic E-state index is 12.0. The van der Waals surface area contributed by atoms with E-state index in [9.17, 15) is 4.79 Å². The zero-order valence-corrected chi connectivity index (χ0v) is 9.00. The van der Waals surface area contributed by atoms with Crippen LogP contribution in [0.3, 0.4) is 0 Å². The zero-order chi connectivity index (χ0) is 10.4. The van der Waals surface area contributed by atoms with Gasteiger partial charge in [0.1, 0.15) is 5.82 Å². The average molecular weight is 218 g/mol. The molecule has 0 amide bonds. The summed E-state index contributed by atoms with van der Waals surface area (Å²) in [6.07, 6.45) is 1.92. The molecule has 0 fully saturated rings. The van der Waals surface area contributed by atoms with E-state index in [0.29, 0.717) is 5.39 Å². The lowest BCUT2D eigenvalue weighted by Gasteiger charge is -2.04. The van der Waals surface area contributed by atoms with Crippen LogP contribution in [0.15, 0.2) is 27.9 Å². The maximum Gasteiger partial charge on any atom is 0.261 e. The van der Waals surface area contributed by atoms with Gasteiger partial charge in [0, 0.05) is 17.9 Å². The van der Waals surface area contributed by atoms with Gasteiger partial charge >= 0.3 is 0 Å². The molecule has 1 aliphatic heterocycles. The molecule has 0 N–H and O–H groups in total. The number of nitrogens with zero attached hydrogens (tertiary/aromatic N) is 2. The minimum atomic E-state index is 0.0841. The lowest BCUT2D eigenvalue weighted by atomic mass is 10.2. The van der Waals surface area contributed by atoms with Crippen LogP contribution >= 0.6 is 12.6 Å². The molecule has 0 spiro atoms. The Bertz CT molecular complexity index is 603. The predicted molar refractivity (Wildman–Crippen MR) is 61.6 cm³/mol. The summed E-state index contributed by atoms with van der Waals surface area (Å²) in [4.78, 5) is 17.4. The second-order valence-corrected chi connectivity index (χ2v) is 4.31. The lowest BCUT2D eigenvalue weighted by molar-refractivity contribution is 0.719. The summed E-state index contributed by atoms with van der Waals surface area (Å²) in [7, 11) is 0. The Balaban J connectivity index is 2.46. The third-order valence-corrected chi connectivity index (χ3v) is 3.08. The van der Waals surface area contributed by atoms with Gasteiger partial charge in [-0.05, 0) is 24.6 Å². The van der Waals surface area contributed by atoms with E-state index in [-0.39, 0.29) is 5.56 Å². The Labute approximate surface area is 92.2 Å². The molecule has 0 atom stereocenters. The molecule has 15 heavy (non-hydrogen) atoms. The number of rotatable bonds is 0. The molecular formula is C11H10N2OS. The van der Waals surface area contributed by atoms with Gasteiger partial charge in [-0.15, -0.1) is 12.6 Å². The van der Waals surface area contributed by atoms with Crippen LogP contribution in [0.5, 0.6) is 0 Å². The predicted octanol–water partition coefficient (Wildman–Crippen LogP) is 1.63. The molecule has 0 radical (unpaired) electrons. The van der Waals surface area contributed by atoms with E-state index in [4.69, 9.17) is 0 Å². The van der Waals surface area contributed by atoms with Crippen LogP contribution in [0.4, 0.5) is 0 Å². The normalized spacial score (nSPS) is 14.5. The Morgan fingerprint density at radius 2 is 2.27 bits per heavy atom. The molecule has 0 unspecified atom stereocenters. The molecule has 1 aromatic carbocycles. The van der Waals surface area contributed by atoms with E-state index in [1.807, 2.05) is 12.1 Å². The van der Waals surface area contributed by atoms with Crippen LogP contribution in [0.1, 0.15) is 12.2 Å². The molecule has 3 rings (SSSR count). The zero-order valence-electron chi connectivity index (χ0n) is 8.10. The molecule has 76 valence electrons. The van der Waals surface area contributed by atoms with Crippen molar-refractivity contribution >= 4 is 23.5 Å². The Morgan fingerprint density at radius 1 is 1.40 bits per heavy atom. The van der Waals surface area contributed by atoms with Crippen molar-refractivity contribution in [1.82, 2.24) is 9.55 Å². The molecule has 0 saturated heterocycles. The summed E-state index contributed by atoms with van der Waals surface area (Å²) in [5, 5.41) is 0.693. The van der Waals surface area contributed by atoms with Crippen molar-refractivity contribution in [3.63, 3.8) is 0 Å². The minimum Gasteiger partial charge on any atom is -0.296 e. The molecule has 2 heterocycles. The fourth-order valence-corrected chi connectivity index (χ4v) is 2.27. The van der Waals surface area contributed by atoms with Gasteiger partial charge in [-0.25, -0.2) is 4.98 Å². The molecule has 0 aliphatic carbocycles. The van der Waals surface area contributed by atoms with Crippen molar-refractivity contribution in [2.45, 2.75) is 24.3 Å². The van der Waals surface area contributed by atoms with Crippen LogP contribution in [0.25, 0.3) is 10.9 Å². The summed E-state index contributed by atoms with van der Waals surface area (Å²) in [6, 6.07) is 5.48. The number of aromatic nitrogens is 2. The van der Waals surface area contributed by atoms with Gasteiger partial charge in [-0.2, -0.15) is 0 Å². The molecule has 4 heteroatoms. The first kappa shape index (κ1) is 8.97. The molecule has 2 aromatic rings. The van der Waals surface area contributed by atoms with Gasteiger partial charge in [0.2, 0.25) is 0 Å². The second kappa shape index (κ2) is 3.10. The van der Waals surface area contributed by atoms with Gasteiger partial charge in [-0.3, -0.25) is 9.36 Å². The van der Waals surface area contributed by atoms with E-state index in [0.717, 1.165) is 35.6 Å². The van der Waals surface area contributed by atoms with Gasteiger partial charge in [0.15, 0.2) is 0 Å². The first-order valence-electron chi connectivity index (χ1n) is 4.98. The van der Waals surface area contributed by atoms with Crippen molar-refractivity contribution in [2.24, 2.45) is 0 Å². The van der Waals surface area contributed by atoms with Crippen molar-refractivity contribution < 1.29 is 0 Å². The average Bonchev–Trinajstić information content (AvgIpc) is 2.65. The fourth-order valence-electron chi connectivity index (χ4n) is 2.07. The monoisotopic (exact) mass is 218 g/mol. The highest BCUT2D eigenvalue weighted by Crippen LogP contribution is 2.17. The van der Waals surface area contributed by atoms with Crippen LogP contribution < -0.4 is 5.56 Å². The highest BCUT2D eigenvalue weighted by atomic mass is 32.1. The smallest absolute Gasteiger partial charge is 0.261 e. The summed E-state index contributed by atoms with van der Waals surface area (Å²) < 4.78 is 1.78. The Morgan fingerprint density at radius 3 is 3.13 bits per heavy atom. The van der Waals surface area contributed by atoms with E-state index in [1.54, 1.807) is 10.6 Å². The first-order chi connectivity index (χ1) is 7.25. The SMILES string of the molecule is O=c1c2ccc(S)cc2nc2n1CCC2. The maximum atomic E-state index is 12.0. The van der Waals surface area contributed by atoms with Crippen LogP contribution in [-0.2, 0) is 13.0 Å². The van der Waals surface area contributed by atoms with Gasteiger partial charge in [0.05, 0.1) is 10.9 Å². The van der Waals surface area contributed by atoms with Crippen LogP contribution in [-0.4, -0.2) is 9.55 Å². The van der Waals surface area contributed by atoms with Gasteiger partial charge in [0.25, 0.3) is 5.56 Å². The number of fused-ring (bicyclic) bond motifs is 2. The topological polar surface area (TPSA) is 34.9 Å². The van der Waals surface area contributed by atoms with Crippen molar-refractivity contribution in [3.05, 3.63) is 34.4 Å². The molecule has 0 bridgehead atoms. The number of benzene rings is 1. The Hall–Kier alpha value is -1.29. The van der Waals surface area contributed by atoms with Crippen molar-refractivity contribution in [2.75, 3.05) is 0 Å². The molecule has 1 aliphatic rings. The van der Waals surface area contributed by atoms with Crippen LogP contribution in [0.2, 0.25) is 0 Å². The van der Waals surface area contributed by atoms with E-state index in [1.165, 1.54) is 0 Å². The number of hydrogen-bond acceptors (Lipinski definition) is 3. The molecular weight excluding hydrogens is 208 g/mol. The van der Waals surface area contributed by atoms with E-state index in [2.05, 4.69) is 17.6 Å². The summed E-state index contributed by atoms with van der Waals surface area (Å²) >= 11 is 4.25. The van der Waals surface area contributed by atoms with Crippen molar-refractivity contribution in [1.29, 1.82) is 0 Å². The summed E-state index contributed by atoms with van der Waals surface area (Å²) in [6.45, 7) is 0.805. The number of hydrogen-bond donors (Lipinski definition) is 1. The minimum absolute atomic E-state index is 0.0841. The second-order valence-electron chi connectivity index (χ2n) is 3.79. The third-order valence-electron chi connectivity index (χ3n) is 2.80. The molecule has 0 saturated carbocycles.